The maximum atomic E-state index is 11.8. The minimum Gasteiger partial charge on any atom is -0.392 e. The molecule has 0 heterocycles. The van der Waals surface area contributed by atoms with E-state index >= 15 is 0 Å². The van der Waals surface area contributed by atoms with E-state index < -0.39 is 0 Å². The number of nitrogens with one attached hydrogen (secondary N) is 1. The van der Waals surface area contributed by atoms with Crippen molar-refractivity contribution in [1.82, 2.24) is 5.32 Å². The van der Waals surface area contributed by atoms with Crippen LogP contribution in [0.3, 0.4) is 0 Å². The van der Waals surface area contributed by atoms with Crippen LogP contribution in [0, 0.1) is 0 Å². The number of benzene rings is 1. The molecule has 19 heavy (non-hydrogen) atoms. The highest BCUT2D eigenvalue weighted by Gasteiger charge is 2.14. The molecule has 0 bridgehead atoms. The zero-order chi connectivity index (χ0) is 14.4. The lowest BCUT2D eigenvalue weighted by Crippen LogP contribution is -2.40. The Hall–Kier alpha value is -1.26. The number of hydrogen-bond acceptors (Lipinski definition) is 3. The summed E-state index contributed by atoms with van der Waals surface area (Å²) in [6, 6.07) is 5.44. The molecular weight excluding hydrogens is 264 g/mol. The highest BCUT2D eigenvalue weighted by Crippen LogP contribution is 2.24. The summed E-state index contributed by atoms with van der Waals surface area (Å²) in [4.78, 5) is 13.7. The Labute approximate surface area is 119 Å². The van der Waals surface area contributed by atoms with Gasteiger partial charge in [0.05, 0.1) is 13.2 Å². The Morgan fingerprint density at radius 3 is 2.68 bits per heavy atom. The quantitative estimate of drug-likeness (QED) is 0.842. The van der Waals surface area contributed by atoms with Crippen molar-refractivity contribution in [3.8, 4) is 0 Å². The van der Waals surface area contributed by atoms with Gasteiger partial charge in [-0.3, -0.25) is 4.79 Å². The van der Waals surface area contributed by atoms with Crippen molar-refractivity contribution in [2.24, 2.45) is 0 Å². The second kappa shape index (κ2) is 7.36. The summed E-state index contributed by atoms with van der Waals surface area (Å²) < 4.78 is 0. The third-order valence-electron chi connectivity index (χ3n) is 2.72. The van der Waals surface area contributed by atoms with Crippen molar-refractivity contribution in [2.75, 3.05) is 18.0 Å². The van der Waals surface area contributed by atoms with Gasteiger partial charge in [0.2, 0.25) is 5.91 Å². The van der Waals surface area contributed by atoms with Gasteiger partial charge in [-0.05, 0) is 39.0 Å². The number of aliphatic hydroxyl groups excluding tert-OH is 1. The molecule has 106 valence electrons. The fraction of sp³-hybridized carbons (Fsp3) is 0.500. The van der Waals surface area contributed by atoms with Crippen LogP contribution in [-0.4, -0.2) is 30.1 Å². The summed E-state index contributed by atoms with van der Waals surface area (Å²) >= 11 is 5.91. The van der Waals surface area contributed by atoms with E-state index in [2.05, 4.69) is 5.32 Å². The first kappa shape index (κ1) is 15.8. The molecule has 0 saturated heterocycles. The molecule has 4 nitrogen and oxygen atoms in total. The molecule has 0 unspecified atom stereocenters. The lowest BCUT2D eigenvalue weighted by Gasteiger charge is -2.25. The second-order valence-electron chi connectivity index (χ2n) is 4.67. The summed E-state index contributed by atoms with van der Waals surface area (Å²) in [5, 5.41) is 12.8. The minimum absolute atomic E-state index is 0.0318. The maximum Gasteiger partial charge on any atom is 0.239 e. The largest absolute Gasteiger partial charge is 0.392 e. The van der Waals surface area contributed by atoms with Gasteiger partial charge in [0.15, 0.2) is 0 Å². The van der Waals surface area contributed by atoms with Crippen LogP contribution in [0.1, 0.15) is 26.3 Å². The maximum absolute atomic E-state index is 11.8. The van der Waals surface area contributed by atoms with E-state index in [0.29, 0.717) is 11.6 Å². The van der Waals surface area contributed by atoms with E-state index in [1.165, 1.54) is 0 Å². The summed E-state index contributed by atoms with van der Waals surface area (Å²) in [6.45, 7) is 6.67. The van der Waals surface area contributed by atoms with Crippen LogP contribution in [0.25, 0.3) is 0 Å². The lowest BCUT2D eigenvalue weighted by molar-refractivity contribution is -0.120. The van der Waals surface area contributed by atoms with Gasteiger partial charge in [-0.15, -0.1) is 0 Å². The predicted molar refractivity (Wildman–Crippen MR) is 78.5 cm³/mol. The van der Waals surface area contributed by atoms with Crippen LogP contribution in [0.2, 0.25) is 5.02 Å². The number of nitrogens with zero attached hydrogens (tertiary/aromatic N) is 1. The van der Waals surface area contributed by atoms with Crippen LogP contribution in [-0.2, 0) is 11.4 Å². The molecule has 0 aromatic heterocycles. The smallest absolute Gasteiger partial charge is 0.239 e. The molecule has 2 N–H and O–H groups in total. The molecule has 1 amide bonds. The Bertz CT molecular complexity index is 435. The Kier molecular flexibility index (Phi) is 6.12. The van der Waals surface area contributed by atoms with Crippen molar-refractivity contribution >= 4 is 23.2 Å². The molecule has 0 atom stereocenters. The average molecular weight is 285 g/mol. The standard InChI is InChI=1S/C14H21ClN2O2/c1-4-17(8-14(19)16-10(2)3)13-6-5-12(15)7-11(13)9-18/h5-7,10,18H,4,8-9H2,1-3H3,(H,16,19). The highest BCUT2D eigenvalue weighted by atomic mass is 35.5. The number of amides is 1. The van der Waals surface area contributed by atoms with E-state index in [9.17, 15) is 9.90 Å². The van der Waals surface area contributed by atoms with Crippen molar-refractivity contribution in [2.45, 2.75) is 33.4 Å². The normalized spacial score (nSPS) is 10.6. The third kappa shape index (κ3) is 4.73. The van der Waals surface area contributed by atoms with Gasteiger partial charge in [-0.2, -0.15) is 0 Å². The molecule has 0 aliphatic rings. The molecule has 0 saturated carbocycles. The van der Waals surface area contributed by atoms with Crippen molar-refractivity contribution in [3.05, 3.63) is 28.8 Å². The second-order valence-corrected chi connectivity index (χ2v) is 5.10. The number of aliphatic hydroxyl groups is 1. The zero-order valence-corrected chi connectivity index (χ0v) is 12.4. The van der Waals surface area contributed by atoms with Gasteiger partial charge in [-0.25, -0.2) is 0 Å². The van der Waals surface area contributed by atoms with E-state index in [1.54, 1.807) is 12.1 Å². The predicted octanol–water partition coefficient (Wildman–Crippen LogP) is 2.18. The molecule has 0 aliphatic heterocycles. The van der Waals surface area contributed by atoms with E-state index in [-0.39, 0.29) is 25.1 Å². The van der Waals surface area contributed by atoms with Gasteiger partial charge in [0.25, 0.3) is 0 Å². The summed E-state index contributed by atoms with van der Waals surface area (Å²) in [6.07, 6.45) is 0. The molecule has 1 aromatic carbocycles. The van der Waals surface area contributed by atoms with Crippen LogP contribution in [0.15, 0.2) is 18.2 Å². The number of anilines is 1. The Balaban J connectivity index is 2.88. The van der Waals surface area contributed by atoms with Gasteiger partial charge in [0.1, 0.15) is 0 Å². The van der Waals surface area contributed by atoms with Crippen molar-refractivity contribution in [1.29, 1.82) is 0 Å². The summed E-state index contributed by atoms with van der Waals surface area (Å²) in [5.74, 6) is -0.0318. The van der Waals surface area contributed by atoms with Crippen LogP contribution in [0.5, 0.6) is 0 Å². The van der Waals surface area contributed by atoms with E-state index in [4.69, 9.17) is 11.6 Å². The van der Waals surface area contributed by atoms with Gasteiger partial charge in [0, 0.05) is 28.9 Å². The van der Waals surface area contributed by atoms with Gasteiger partial charge >= 0.3 is 0 Å². The first-order valence-electron chi connectivity index (χ1n) is 6.41. The number of carbonyl (C=O) groups is 1. The average Bonchev–Trinajstić information content (AvgIpc) is 2.35. The van der Waals surface area contributed by atoms with Crippen molar-refractivity contribution < 1.29 is 9.90 Å². The fourth-order valence-corrected chi connectivity index (χ4v) is 2.09. The highest BCUT2D eigenvalue weighted by molar-refractivity contribution is 6.30. The van der Waals surface area contributed by atoms with Crippen molar-refractivity contribution in [3.63, 3.8) is 0 Å². The first-order valence-corrected chi connectivity index (χ1v) is 6.79. The molecule has 0 fully saturated rings. The third-order valence-corrected chi connectivity index (χ3v) is 2.95. The van der Waals surface area contributed by atoms with E-state index in [1.807, 2.05) is 31.7 Å². The SMILES string of the molecule is CCN(CC(=O)NC(C)C)c1ccc(Cl)cc1CO. The number of hydrogen-bond donors (Lipinski definition) is 2. The monoisotopic (exact) mass is 284 g/mol. The number of carbonyl (C=O) groups excluding carboxylic acids is 1. The van der Waals surface area contributed by atoms with E-state index in [0.717, 1.165) is 11.3 Å². The molecule has 5 heteroatoms. The fourth-order valence-electron chi connectivity index (χ4n) is 1.90. The Morgan fingerprint density at radius 2 is 2.16 bits per heavy atom. The topological polar surface area (TPSA) is 52.6 Å². The number of rotatable bonds is 6. The summed E-state index contributed by atoms with van der Waals surface area (Å²) in [7, 11) is 0. The molecule has 0 aliphatic carbocycles. The lowest BCUT2D eigenvalue weighted by atomic mass is 10.1. The van der Waals surface area contributed by atoms with Gasteiger partial charge < -0.3 is 15.3 Å². The molecule has 0 radical (unpaired) electrons. The number of likely N-dealkylation sites (N-methyl/N-ethyl adjacent to an activating group) is 1. The Morgan fingerprint density at radius 1 is 1.47 bits per heavy atom. The number of halogens is 1. The molecule has 1 aromatic rings. The minimum atomic E-state index is -0.0990. The van der Waals surface area contributed by atoms with Crippen LogP contribution in [0.4, 0.5) is 5.69 Å². The van der Waals surface area contributed by atoms with Gasteiger partial charge in [-0.1, -0.05) is 11.6 Å². The molecular formula is C14H21ClN2O2. The first-order chi connectivity index (χ1) is 8.97. The van der Waals surface area contributed by atoms with Crippen LogP contribution < -0.4 is 10.2 Å². The summed E-state index contributed by atoms with van der Waals surface area (Å²) in [5.41, 5.74) is 1.57. The molecule has 1 rings (SSSR count). The zero-order valence-electron chi connectivity index (χ0n) is 11.6. The van der Waals surface area contributed by atoms with Crippen LogP contribution >= 0.6 is 11.6 Å². The molecule has 0 spiro atoms.